The normalized spacial score (nSPS) is 13.9. The van der Waals surface area contributed by atoms with Gasteiger partial charge in [-0.25, -0.2) is 9.13 Å². The first-order valence-electron chi connectivity index (χ1n) is 41.1. The minimum absolute atomic E-state index is 0.107. The molecule has 0 fully saturated rings. The molecule has 582 valence electrons. The Bertz CT molecular complexity index is 1870. The summed E-state index contributed by atoms with van der Waals surface area (Å²) < 4.78 is 68.6. The third-order valence-corrected chi connectivity index (χ3v) is 20.4. The minimum Gasteiger partial charge on any atom is -0.462 e. The molecule has 17 nitrogen and oxygen atoms in total. The van der Waals surface area contributed by atoms with Crippen molar-refractivity contribution in [1.82, 2.24) is 0 Å². The maximum absolute atomic E-state index is 13.1. The Kier molecular flexibility index (Phi) is 70.6. The largest absolute Gasteiger partial charge is 0.472 e. The molecule has 0 saturated carbocycles. The molecule has 0 aromatic heterocycles. The first kappa shape index (κ1) is 96.1. The van der Waals surface area contributed by atoms with Crippen molar-refractivity contribution < 1.29 is 80.2 Å². The molecule has 0 aliphatic heterocycles. The van der Waals surface area contributed by atoms with E-state index in [0.29, 0.717) is 31.6 Å². The van der Waals surface area contributed by atoms with Gasteiger partial charge in [-0.15, -0.1) is 0 Å². The second kappa shape index (κ2) is 72.0. The molecular formula is C79H154O17P2. The number of ether oxygens (including phenoxy) is 4. The van der Waals surface area contributed by atoms with Gasteiger partial charge in [-0.3, -0.25) is 37.3 Å². The molecule has 5 atom stereocenters. The maximum atomic E-state index is 13.1. The standard InChI is InChI=1S/C79H154O17P2/c1-6-9-12-15-18-21-24-27-29-31-33-35-38-40-43-46-52-57-62-76(81)89-68-74(95-78(83)65-60-55-48-45-42-39-36-34-32-30-28-25-22-19-16-13-10-7-2)70-93-97(85,86)91-66-73(80)67-92-98(87,88)94-71-75(69-90-77(82)63-58-53-50-49-51-56-61-72(4)5)96-79(84)64-59-54-47-44-41-37-26-23-20-17-14-11-8-3/h72-75,80H,6-71H2,1-5H3,(H,85,86)(H,87,88)/t73-,74-,75-/m1/s1. The summed E-state index contributed by atoms with van der Waals surface area (Å²) in [6.07, 6.45) is 62.6. The van der Waals surface area contributed by atoms with E-state index in [4.69, 9.17) is 37.0 Å². The number of phosphoric acid groups is 2. The molecule has 2 unspecified atom stereocenters. The highest BCUT2D eigenvalue weighted by Crippen LogP contribution is 2.45. The molecule has 0 radical (unpaired) electrons. The van der Waals surface area contributed by atoms with Gasteiger partial charge in [0, 0.05) is 25.7 Å². The van der Waals surface area contributed by atoms with Crippen molar-refractivity contribution in [3.63, 3.8) is 0 Å². The van der Waals surface area contributed by atoms with Crippen molar-refractivity contribution in [3.05, 3.63) is 0 Å². The lowest BCUT2D eigenvalue weighted by atomic mass is 10.0. The topological polar surface area (TPSA) is 237 Å². The Balaban J connectivity index is 5.22. The van der Waals surface area contributed by atoms with E-state index in [-0.39, 0.29) is 25.7 Å². The molecule has 0 heterocycles. The number of hydrogen-bond donors (Lipinski definition) is 3. The fourth-order valence-electron chi connectivity index (χ4n) is 12.2. The number of aliphatic hydroxyl groups excluding tert-OH is 1. The fraction of sp³-hybridized carbons (Fsp3) is 0.949. The van der Waals surface area contributed by atoms with Crippen LogP contribution in [0, 0.1) is 5.92 Å². The summed E-state index contributed by atoms with van der Waals surface area (Å²) in [4.78, 5) is 72.9. The number of unbranched alkanes of at least 4 members (excludes halogenated alkanes) is 51. The summed E-state index contributed by atoms with van der Waals surface area (Å²) in [7, 11) is -9.91. The number of hydrogen-bond acceptors (Lipinski definition) is 15. The Hall–Kier alpha value is -1.94. The van der Waals surface area contributed by atoms with Gasteiger partial charge >= 0.3 is 39.5 Å². The summed E-state index contributed by atoms with van der Waals surface area (Å²) >= 11 is 0. The predicted octanol–water partition coefficient (Wildman–Crippen LogP) is 23.6. The van der Waals surface area contributed by atoms with Crippen molar-refractivity contribution in [3.8, 4) is 0 Å². The number of carbonyl (C=O) groups is 4. The van der Waals surface area contributed by atoms with E-state index in [0.717, 1.165) is 96.3 Å². The molecule has 0 rings (SSSR count). The molecule has 0 aromatic carbocycles. The Morgan fingerprint density at radius 1 is 0.276 bits per heavy atom. The van der Waals surface area contributed by atoms with Crippen molar-refractivity contribution in [2.75, 3.05) is 39.6 Å². The van der Waals surface area contributed by atoms with Crippen LogP contribution in [0.15, 0.2) is 0 Å². The number of rotatable bonds is 79. The van der Waals surface area contributed by atoms with E-state index in [1.807, 2.05) is 0 Å². The maximum Gasteiger partial charge on any atom is 0.472 e. The summed E-state index contributed by atoms with van der Waals surface area (Å²) in [5.41, 5.74) is 0. The smallest absolute Gasteiger partial charge is 0.462 e. The molecule has 0 amide bonds. The number of esters is 4. The Morgan fingerprint density at radius 2 is 0.469 bits per heavy atom. The zero-order valence-electron chi connectivity index (χ0n) is 63.9. The minimum atomic E-state index is -4.96. The predicted molar refractivity (Wildman–Crippen MR) is 400 cm³/mol. The lowest BCUT2D eigenvalue weighted by Crippen LogP contribution is -2.30. The summed E-state index contributed by atoms with van der Waals surface area (Å²) in [6.45, 7) is 7.24. The SMILES string of the molecule is CCCCCCCCCCCCCCCCCCCCC(=O)OC[C@H](COP(=O)(O)OC[C@@H](O)COP(=O)(O)OC[C@@H](COC(=O)CCCCCCCCC(C)C)OC(=O)CCCCCCCCCCCCCCC)OC(=O)CCCCCCCCCCCCCCCCCCCC. The van der Waals surface area contributed by atoms with Crippen molar-refractivity contribution >= 4 is 39.5 Å². The number of phosphoric ester groups is 2. The van der Waals surface area contributed by atoms with Gasteiger partial charge in [0.15, 0.2) is 12.2 Å². The zero-order chi connectivity index (χ0) is 71.9. The van der Waals surface area contributed by atoms with E-state index >= 15 is 0 Å². The molecule has 98 heavy (non-hydrogen) atoms. The van der Waals surface area contributed by atoms with Gasteiger partial charge in [-0.2, -0.15) is 0 Å². The number of carbonyl (C=O) groups excluding carboxylic acids is 4. The Labute approximate surface area is 600 Å². The van der Waals surface area contributed by atoms with Gasteiger partial charge in [-0.05, 0) is 31.6 Å². The number of aliphatic hydroxyl groups is 1. The third-order valence-electron chi connectivity index (χ3n) is 18.5. The molecule has 0 aromatic rings. The van der Waals surface area contributed by atoms with Crippen LogP contribution in [-0.4, -0.2) is 96.7 Å². The van der Waals surface area contributed by atoms with E-state index in [9.17, 15) is 43.2 Å². The van der Waals surface area contributed by atoms with E-state index in [1.165, 1.54) is 238 Å². The fourth-order valence-corrected chi connectivity index (χ4v) is 13.8. The third kappa shape index (κ3) is 72.4. The van der Waals surface area contributed by atoms with E-state index in [1.54, 1.807) is 0 Å². The molecular weight excluding hydrogens is 1280 g/mol. The van der Waals surface area contributed by atoms with E-state index in [2.05, 4.69) is 34.6 Å². The molecule has 3 N–H and O–H groups in total. The first-order chi connectivity index (χ1) is 47.5. The average Bonchev–Trinajstić information content (AvgIpc) is 0.983. The molecule has 0 saturated heterocycles. The zero-order valence-corrected chi connectivity index (χ0v) is 65.7. The summed E-state index contributed by atoms with van der Waals surface area (Å²) in [5.74, 6) is -1.43. The van der Waals surface area contributed by atoms with Crippen LogP contribution in [0.4, 0.5) is 0 Å². The molecule has 0 aliphatic carbocycles. The average molecular weight is 1440 g/mol. The van der Waals surface area contributed by atoms with Gasteiger partial charge in [0.05, 0.1) is 26.4 Å². The van der Waals surface area contributed by atoms with E-state index < -0.39 is 97.5 Å². The highest BCUT2D eigenvalue weighted by atomic mass is 31.2. The van der Waals surface area contributed by atoms with Crippen molar-refractivity contribution in [2.24, 2.45) is 5.92 Å². The van der Waals surface area contributed by atoms with Crippen LogP contribution in [0.3, 0.4) is 0 Å². The van der Waals surface area contributed by atoms with Crippen LogP contribution in [-0.2, 0) is 65.4 Å². The molecule has 0 aliphatic rings. The van der Waals surface area contributed by atoms with Gasteiger partial charge in [0.25, 0.3) is 0 Å². The van der Waals surface area contributed by atoms with Crippen LogP contribution >= 0.6 is 15.6 Å². The summed E-state index contributed by atoms with van der Waals surface area (Å²) in [6, 6.07) is 0. The van der Waals surface area contributed by atoms with Gasteiger partial charge in [0.2, 0.25) is 0 Å². The van der Waals surface area contributed by atoms with Crippen molar-refractivity contribution in [1.29, 1.82) is 0 Å². The molecule has 19 heteroatoms. The second-order valence-electron chi connectivity index (χ2n) is 28.9. The Morgan fingerprint density at radius 3 is 0.694 bits per heavy atom. The molecule has 0 spiro atoms. The van der Waals surface area contributed by atoms with Crippen LogP contribution < -0.4 is 0 Å². The van der Waals surface area contributed by atoms with Crippen LogP contribution in [0.1, 0.15) is 420 Å². The highest BCUT2D eigenvalue weighted by molar-refractivity contribution is 7.47. The first-order valence-corrected chi connectivity index (χ1v) is 44.1. The van der Waals surface area contributed by atoms with Gasteiger partial charge < -0.3 is 33.8 Å². The van der Waals surface area contributed by atoms with Crippen LogP contribution in [0.5, 0.6) is 0 Å². The van der Waals surface area contributed by atoms with Crippen LogP contribution in [0.2, 0.25) is 0 Å². The molecule has 0 bridgehead atoms. The van der Waals surface area contributed by atoms with Gasteiger partial charge in [-0.1, -0.05) is 369 Å². The summed E-state index contributed by atoms with van der Waals surface area (Å²) in [5, 5.41) is 10.6. The lowest BCUT2D eigenvalue weighted by molar-refractivity contribution is -0.161. The second-order valence-corrected chi connectivity index (χ2v) is 31.8. The lowest BCUT2D eigenvalue weighted by Gasteiger charge is -2.21. The quantitative estimate of drug-likeness (QED) is 0.0222. The van der Waals surface area contributed by atoms with Crippen LogP contribution in [0.25, 0.3) is 0 Å². The van der Waals surface area contributed by atoms with Crippen molar-refractivity contribution in [2.45, 2.75) is 438 Å². The monoisotopic (exact) mass is 1440 g/mol. The van der Waals surface area contributed by atoms with Gasteiger partial charge in [0.1, 0.15) is 19.3 Å². The highest BCUT2D eigenvalue weighted by Gasteiger charge is 2.30.